The van der Waals surface area contributed by atoms with Crippen LogP contribution in [-0.4, -0.2) is 31.4 Å². The molecule has 2 heterocycles. The Morgan fingerprint density at radius 2 is 1.84 bits per heavy atom. The van der Waals surface area contributed by atoms with Crippen LogP contribution in [0.15, 0.2) is 82.7 Å². The van der Waals surface area contributed by atoms with E-state index in [1.807, 2.05) is 60.0 Å². The van der Waals surface area contributed by atoms with E-state index in [0.717, 1.165) is 32.7 Å². The van der Waals surface area contributed by atoms with Crippen LogP contribution >= 0.6 is 27.7 Å². The lowest BCUT2D eigenvalue weighted by atomic mass is 10.2. The van der Waals surface area contributed by atoms with E-state index in [1.54, 1.807) is 12.4 Å². The number of pyridine rings is 1. The van der Waals surface area contributed by atoms with Gasteiger partial charge in [0.1, 0.15) is 0 Å². The molecule has 0 atom stereocenters. The topological polar surface area (TPSA) is 72.7 Å². The van der Waals surface area contributed by atoms with Gasteiger partial charge in [-0.1, -0.05) is 58.0 Å². The van der Waals surface area contributed by atoms with Crippen LogP contribution < -0.4 is 5.32 Å². The maximum atomic E-state index is 12.6. The second-order valence-corrected chi connectivity index (χ2v) is 8.77. The monoisotopic (exact) mass is 493 g/mol. The van der Waals surface area contributed by atoms with Crippen molar-refractivity contribution in [2.24, 2.45) is 0 Å². The van der Waals surface area contributed by atoms with Gasteiger partial charge < -0.3 is 5.32 Å². The third-order valence-electron chi connectivity index (χ3n) is 4.63. The molecule has 156 valence electrons. The minimum absolute atomic E-state index is 0.0878. The Kier molecular flexibility index (Phi) is 6.79. The van der Waals surface area contributed by atoms with Gasteiger partial charge >= 0.3 is 0 Å². The maximum absolute atomic E-state index is 12.6. The smallest absolute Gasteiger partial charge is 0.234 e. The molecule has 1 amide bonds. The molecule has 0 unspecified atom stereocenters. The summed E-state index contributed by atoms with van der Waals surface area (Å²) in [5.74, 6) is 0.895. The zero-order valence-electron chi connectivity index (χ0n) is 16.8. The van der Waals surface area contributed by atoms with Crippen molar-refractivity contribution in [3.63, 3.8) is 0 Å². The summed E-state index contributed by atoms with van der Waals surface area (Å²) in [6.07, 6.45) is 3.47. The lowest BCUT2D eigenvalue weighted by Crippen LogP contribution is -2.15. The Hall–Kier alpha value is -2.97. The first-order valence-electron chi connectivity index (χ1n) is 9.66. The van der Waals surface area contributed by atoms with Gasteiger partial charge in [-0.2, -0.15) is 0 Å². The number of rotatable bonds is 7. The van der Waals surface area contributed by atoms with Gasteiger partial charge in [0.05, 0.1) is 12.3 Å². The molecule has 0 bridgehead atoms. The maximum Gasteiger partial charge on any atom is 0.234 e. The van der Waals surface area contributed by atoms with Crippen LogP contribution in [0.2, 0.25) is 0 Å². The number of amides is 1. The van der Waals surface area contributed by atoms with Crippen molar-refractivity contribution in [1.82, 2.24) is 19.7 Å². The van der Waals surface area contributed by atoms with E-state index < -0.39 is 0 Å². The molecular formula is C23H20BrN5OS. The second-order valence-electron chi connectivity index (χ2n) is 6.91. The van der Waals surface area contributed by atoms with Gasteiger partial charge in [0, 0.05) is 28.1 Å². The highest BCUT2D eigenvalue weighted by molar-refractivity contribution is 9.10. The molecule has 0 aliphatic carbocycles. The molecule has 2 aromatic carbocycles. The molecule has 1 N–H and O–H groups in total. The zero-order chi connectivity index (χ0) is 21.6. The van der Waals surface area contributed by atoms with Crippen LogP contribution in [0, 0.1) is 6.92 Å². The largest absolute Gasteiger partial charge is 0.325 e. The molecule has 0 saturated heterocycles. The summed E-state index contributed by atoms with van der Waals surface area (Å²) in [4.78, 5) is 16.6. The molecule has 0 aliphatic heterocycles. The normalized spacial score (nSPS) is 10.8. The van der Waals surface area contributed by atoms with Gasteiger partial charge in [-0.15, -0.1) is 10.2 Å². The molecule has 8 heteroatoms. The predicted octanol–water partition coefficient (Wildman–Crippen LogP) is 5.19. The van der Waals surface area contributed by atoms with Gasteiger partial charge in [-0.05, 0) is 48.4 Å². The summed E-state index contributed by atoms with van der Waals surface area (Å²) >= 11 is 4.81. The van der Waals surface area contributed by atoms with Crippen LogP contribution in [0.25, 0.3) is 11.4 Å². The van der Waals surface area contributed by atoms with Gasteiger partial charge in [-0.3, -0.25) is 14.3 Å². The van der Waals surface area contributed by atoms with E-state index >= 15 is 0 Å². The first-order valence-corrected chi connectivity index (χ1v) is 11.4. The number of aryl methyl sites for hydroxylation is 1. The third kappa shape index (κ3) is 5.39. The number of hydrogen-bond acceptors (Lipinski definition) is 5. The summed E-state index contributed by atoms with van der Waals surface area (Å²) < 4.78 is 3.02. The van der Waals surface area contributed by atoms with Crippen LogP contribution in [0.4, 0.5) is 5.69 Å². The summed E-state index contributed by atoms with van der Waals surface area (Å²) in [6.45, 7) is 2.58. The summed E-state index contributed by atoms with van der Waals surface area (Å²) in [5.41, 5.74) is 3.87. The Morgan fingerprint density at radius 3 is 2.58 bits per heavy atom. The van der Waals surface area contributed by atoms with Crippen molar-refractivity contribution in [3.8, 4) is 11.4 Å². The average molecular weight is 494 g/mol. The number of anilines is 1. The summed E-state index contributed by atoms with van der Waals surface area (Å²) in [7, 11) is 0. The molecule has 31 heavy (non-hydrogen) atoms. The lowest BCUT2D eigenvalue weighted by molar-refractivity contribution is -0.113. The number of thioether (sulfide) groups is 1. The van der Waals surface area contributed by atoms with E-state index in [-0.39, 0.29) is 11.7 Å². The number of carbonyl (C=O) groups excluding carboxylic acids is 1. The van der Waals surface area contributed by atoms with Crippen molar-refractivity contribution in [2.45, 2.75) is 18.6 Å². The van der Waals surface area contributed by atoms with Gasteiger partial charge in [0.25, 0.3) is 0 Å². The van der Waals surface area contributed by atoms with E-state index in [1.165, 1.54) is 11.8 Å². The number of halogens is 1. The van der Waals surface area contributed by atoms with Crippen molar-refractivity contribution < 1.29 is 4.79 Å². The third-order valence-corrected chi connectivity index (χ3v) is 6.09. The molecule has 4 aromatic rings. The highest BCUT2D eigenvalue weighted by atomic mass is 79.9. The van der Waals surface area contributed by atoms with Crippen LogP contribution in [-0.2, 0) is 11.3 Å². The first kappa shape index (κ1) is 21.3. The fraction of sp³-hybridized carbons (Fsp3) is 0.130. The van der Waals surface area contributed by atoms with Crippen molar-refractivity contribution in [3.05, 3.63) is 88.7 Å². The second kappa shape index (κ2) is 9.89. The standard InChI is InChI=1S/C23H20BrN5OS/c1-16-13-19(24)7-8-20(16)26-21(30)15-31-23-28-27-22(18-9-11-25-12-10-18)29(23)14-17-5-3-2-4-6-17/h2-13H,14-15H2,1H3,(H,26,30). The Balaban J connectivity index is 1.53. The summed E-state index contributed by atoms with van der Waals surface area (Å²) in [5, 5.41) is 12.4. The van der Waals surface area contributed by atoms with E-state index in [0.29, 0.717) is 11.7 Å². The molecular weight excluding hydrogens is 474 g/mol. The molecule has 2 aromatic heterocycles. The van der Waals surface area contributed by atoms with Crippen molar-refractivity contribution >= 4 is 39.3 Å². The molecule has 0 saturated carbocycles. The lowest BCUT2D eigenvalue weighted by Gasteiger charge is -2.11. The van der Waals surface area contributed by atoms with Crippen LogP contribution in [0.1, 0.15) is 11.1 Å². The van der Waals surface area contributed by atoms with Gasteiger partial charge in [-0.25, -0.2) is 0 Å². The highest BCUT2D eigenvalue weighted by Gasteiger charge is 2.16. The first-order chi connectivity index (χ1) is 15.1. The SMILES string of the molecule is Cc1cc(Br)ccc1NC(=O)CSc1nnc(-c2ccncc2)n1Cc1ccccc1. The minimum Gasteiger partial charge on any atom is -0.325 e. The molecule has 0 aliphatic rings. The van der Waals surface area contributed by atoms with Crippen LogP contribution in [0.5, 0.6) is 0 Å². The number of nitrogens with one attached hydrogen (secondary N) is 1. The fourth-order valence-electron chi connectivity index (χ4n) is 3.10. The summed E-state index contributed by atoms with van der Waals surface area (Å²) in [6, 6.07) is 19.7. The molecule has 4 rings (SSSR count). The quantitative estimate of drug-likeness (QED) is 0.358. The number of nitrogens with zero attached hydrogens (tertiary/aromatic N) is 4. The van der Waals surface area contributed by atoms with Gasteiger partial charge in [0.2, 0.25) is 5.91 Å². The van der Waals surface area contributed by atoms with Crippen molar-refractivity contribution in [1.29, 1.82) is 0 Å². The minimum atomic E-state index is -0.0878. The Morgan fingerprint density at radius 1 is 1.06 bits per heavy atom. The zero-order valence-corrected chi connectivity index (χ0v) is 19.2. The van der Waals surface area contributed by atoms with E-state index in [4.69, 9.17) is 0 Å². The highest BCUT2D eigenvalue weighted by Crippen LogP contribution is 2.26. The fourth-order valence-corrected chi connectivity index (χ4v) is 4.32. The van der Waals surface area contributed by atoms with Crippen LogP contribution in [0.3, 0.4) is 0 Å². The molecule has 0 fully saturated rings. The predicted molar refractivity (Wildman–Crippen MR) is 127 cm³/mol. The number of benzene rings is 2. The molecule has 0 spiro atoms. The Labute approximate surface area is 193 Å². The average Bonchev–Trinajstić information content (AvgIpc) is 3.18. The molecule has 6 nitrogen and oxygen atoms in total. The number of hydrogen-bond donors (Lipinski definition) is 1. The Bertz CT molecular complexity index is 1180. The number of carbonyl (C=O) groups is 1. The van der Waals surface area contributed by atoms with Crippen molar-refractivity contribution in [2.75, 3.05) is 11.1 Å². The van der Waals surface area contributed by atoms with Gasteiger partial charge in [0.15, 0.2) is 11.0 Å². The van der Waals surface area contributed by atoms with E-state index in [9.17, 15) is 4.79 Å². The molecule has 0 radical (unpaired) electrons. The van der Waals surface area contributed by atoms with E-state index in [2.05, 4.69) is 48.6 Å². The number of aromatic nitrogens is 4.